The first kappa shape index (κ1) is 81.7. The van der Waals surface area contributed by atoms with Crippen molar-refractivity contribution in [3.8, 4) is 121 Å². The van der Waals surface area contributed by atoms with Crippen LogP contribution in [-0.2, 0) is 32.7 Å². The second-order valence-electron chi connectivity index (χ2n) is 15.0. The third-order valence-corrected chi connectivity index (χ3v) is 9.08. The normalized spacial score (nSPS) is 9.33. The molecule has 0 atom stereocenters. The fourth-order valence-electron chi connectivity index (χ4n) is 5.05. The van der Waals surface area contributed by atoms with Crippen LogP contribution in [0.3, 0.4) is 0 Å². The van der Waals surface area contributed by atoms with E-state index in [2.05, 4.69) is 0 Å². The summed E-state index contributed by atoms with van der Waals surface area (Å²) < 4.78 is 0. The Bertz CT molecular complexity index is 2840. The van der Waals surface area contributed by atoms with Crippen molar-refractivity contribution in [3.05, 3.63) is 124 Å². The Labute approximate surface area is 573 Å². The molecular weight excluding hydrogens is 1370 g/mol. The van der Waals surface area contributed by atoms with Gasteiger partial charge in [-0.25, -0.2) is 33.6 Å². The van der Waals surface area contributed by atoms with E-state index >= 15 is 0 Å². The molecule has 0 saturated carbocycles. The number of aromatic carboxylic acids is 7. The zero-order valence-electron chi connectivity index (χ0n) is 42.7. The predicted molar refractivity (Wildman–Crippen MR) is 265 cm³/mol. The number of benzene rings is 7. The molecule has 0 aromatic heterocycles. The maximum Gasteiger partial charge on any atom is 3.00 e. The number of carboxylic acids is 7. The minimum absolute atomic E-state index is 0. The second-order valence-corrected chi connectivity index (χ2v) is 15.0. The maximum absolute atomic E-state index is 10.7. The molecule has 448 valence electrons. The van der Waals surface area contributed by atoms with Crippen molar-refractivity contribution in [1.82, 2.24) is 0 Å². The molecule has 0 amide bonds. The summed E-state index contributed by atoms with van der Waals surface area (Å²) in [6.07, 6.45) is 0. The monoisotopic (exact) mass is 1400 g/mol. The Morgan fingerprint density at radius 1 is 0.207 bits per heavy atom. The van der Waals surface area contributed by atoms with Gasteiger partial charge in [-0.15, -0.1) is 0 Å². The molecule has 0 aliphatic carbocycles. The fourth-order valence-corrected chi connectivity index (χ4v) is 5.05. The standard InChI is InChI=1S/7C7H6O5.Ca.Sr.Y/c7*8-4-1-3(7(11)12)2-5(9)6(4)10;;;/h7*1-2,8-10H,(H,11,12);;;/q;;;;;;;2*+2;+3/p-7. The van der Waals surface area contributed by atoms with E-state index in [1.807, 2.05) is 0 Å². The van der Waals surface area contributed by atoms with Crippen molar-refractivity contribution in [2.75, 3.05) is 0 Å². The first-order valence-electron chi connectivity index (χ1n) is 20.9. The quantitative estimate of drug-likeness (QED) is 0.0793. The number of hydrogen-bond donors (Lipinski definition) is 21. The SMILES string of the molecule is O=C(O)c1cc(O)c([O-])c(O)c1.O=C(O)c1cc(O)c([O-])c(O)c1.O=C(O)c1cc(O)c([O-])c(O)c1.O=C(O)c1cc(O)c([O-])c(O)c1.O=C(O)c1cc(O)c([O-])c(O)c1.O=C(O)c1cc(O)c([O-])c(O)c1.O=C(O)c1cc(O)c([O-])c(O)c1.[Ca+2].[Sr+2].[Y+3]. The minimum Gasteiger partial charge on any atom is -0.867 e. The summed E-state index contributed by atoms with van der Waals surface area (Å²) in [4.78, 5) is 72.0. The van der Waals surface area contributed by atoms with Crippen LogP contribution in [0.15, 0.2) is 84.9 Å². The van der Waals surface area contributed by atoms with Crippen LogP contribution in [0.5, 0.6) is 121 Å². The van der Waals surface area contributed by atoms with Gasteiger partial charge in [0.25, 0.3) is 0 Å². The molecule has 0 spiro atoms. The molecule has 87 heavy (non-hydrogen) atoms. The smallest absolute Gasteiger partial charge is 0.867 e. The second kappa shape index (κ2) is 36.3. The topological polar surface area (TPSA) is 706 Å². The van der Waals surface area contributed by atoms with Gasteiger partial charge in [0.15, 0.2) is 0 Å². The van der Waals surface area contributed by atoms with Crippen molar-refractivity contribution in [2.24, 2.45) is 0 Å². The van der Waals surface area contributed by atoms with Crippen LogP contribution in [0.25, 0.3) is 0 Å². The zero-order chi connectivity index (χ0) is 65.1. The molecule has 35 nitrogen and oxygen atoms in total. The summed E-state index contributed by atoms with van der Waals surface area (Å²) in [5.74, 6) is -26.8. The third kappa shape index (κ3) is 24.9. The van der Waals surface area contributed by atoms with Crippen molar-refractivity contribution < 1.29 is 209 Å². The molecule has 0 heterocycles. The molecule has 7 aromatic carbocycles. The van der Waals surface area contributed by atoms with E-state index in [0.29, 0.717) is 0 Å². The van der Waals surface area contributed by atoms with E-state index in [9.17, 15) is 69.3 Å². The van der Waals surface area contributed by atoms with E-state index < -0.39 is 163 Å². The summed E-state index contributed by atoms with van der Waals surface area (Å²) in [7, 11) is 0. The number of aromatic hydroxyl groups is 14. The number of carboxylic acid groups (broad SMARTS) is 7. The Balaban J connectivity index is -0.000000941. The van der Waals surface area contributed by atoms with Gasteiger partial charge in [0.2, 0.25) is 0 Å². The van der Waals surface area contributed by atoms with Gasteiger partial charge in [-0.1, -0.05) is 0 Å². The van der Waals surface area contributed by atoms with Crippen LogP contribution in [0.2, 0.25) is 0 Å². The molecule has 7 aromatic rings. The molecule has 21 N–H and O–H groups in total. The van der Waals surface area contributed by atoms with Crippen LogP contribution < -0.4 is 35.7 Å². The number of hydrogen-bond acceptors (Lipinski definition) is 28. The average molecular weight is 1400 g/mol. The van der Waals surface area contributed by atoms with Crippen LogP contribution in [0.1, 0.15) is 72.5 Å². The van der Waals surface area contributed by atoms with E-state index in [0.717, 1.165) is 84.9 Å². The predicted octanol–water partition coefficient (Wildman–Crippen LogP) is -1.68. The molecule has 0 radical (unpaired) electrons. The van der Waals surface area contributed by atoms with Crippen molar-refractivity contribution in [2.45, 2.75) is 0 Å². The summed E-state index contributed by atoms with van der Waals surface area (Å²) in [5.41, 5.74) is -2.30. The van der Waals surface area contributed by atoms with Crippen LogP contribution in [-0.4, -0.2) is 232 Å². The largest absolute Gasteiger partial charge is 3.00 e. The summed E-state index contributed by atoms with van der Waals surface area (Å²) >= 11 is 0. The molecule has 0 bridgehead atoms. The van der Waals surface area contributed by atoms with Crippen LogP contribution in [0, 0.1) is 0 Å². The van der Waals surface area contributed by atoms with Gasteiger partial charge in [-0.3, -0.25) is 0 Å². The summed E-state index contributed by atoms with van der Waals surface area (Å²) in [6.45, 7) is 0. The molecule has 0 aliphatic heterocycles. The first-order valence-corrected chi connectivity index (χ1v) is 20.9. The Hall–Kier alpha value is -9.53. The number of carbonyl (C=O) groups is 7. The molecule has 0 aliphatic rings. The van der Waals surface area contributed by atoms with E-state index in [1.54, 1.807) is 0 Å². The zero-order valence-corrected chi connectivity index (χ0v) is 51.2. The van der Waals surface area contributed by atoms with Crippen LogP contribution in [0.4, 0.5) is 0 Å². The van der Waals surface area contributed by atoms with Crippen molar-refractivity contribution >= 4 is 125 Å². The maximum atomic E-state index is 10.7. The number of phenolic OH excluding ortho intramolecular Hbond substituents is 14. The van der Waals surface area contributed by atoms with Gasteiger partial charge in [0.05, 0.1) is 38.9 Å². The van der Waals surface area contributed by atoms with Gasteiger partial charge >= 0.3 is 158 Å². The van der Waals surface area contributed by atoms with Gasteiger partial charge in [0.1, 0.15) is 80.5 Å². The minimum atomic E-state index is -1.32. The first-order chi connectivity index (χ1) is 38.6. The van der Waals surface area contributed by atoms with E-state index in [-0.39, 0.29) is 155 Å². The summed E-state index contributed by atoms with van der Waals surface area (Å²) in [5, 5.41) is 256. The van der Waals surface area contributed by atoms with E-state index in [1.165, 1.54) is 0 Å². The number of rotatable bonds is 7. The van der Waals surface area contributed by atoms with Crippen molar-refractivity contribution in [1.29, 1.82) is 0 Å². The molecule has 0 unspecified atom stereocenters. The Morgan fingerprint density at radius 3 is 0.310 bits per heavy atom. The Kier molecular flexibility index (Phi) is 34.1. The molecule has 0 saturated heterocycles. The average Bonchev–Trinajstić information content (AvgIpc) is 3.40. The third-order valence-electron chi connectivity index (χ3n) is 9.08. The van der Waals surface area contributed by atoms with Crippen LogP contribution >= 0.6 is 0 Å². The Morgan fingerprint density at radius 2 is 0.264 bits per heavy atom. The molecule has 0 fully saturated rings. The molecular formula is C49H35CaO35SrY. The van der Waals surface area contributed by atoms with Gasteiger partial charge < -0.3 is 143 Å². The van der Waals surface area contributed by atoms with Gasteiger partial charge in [-0.05, 0) is 125 Å². The number of phenols is 14. The molecule has 7 rings (SSSR count). The van der Waals surface area contributed by atoms with E-state index in [4.69, 9.17) is 107 Å². The van der Waals surface area contributed by atoms with Gasteiger partial charge in [-0.2, -0.15) is 0 Å². The van der Waals surface area contributed by atoms with Crippen molar-refractivity contribution in [3.63, 3.8) is 0 Å². The molecule has 38 heteroatoms. The fraction of sp³-hybridized carbons (Fsp3) is 0. The summed E-state index contributed by atoms with van der Waals surface area (Å²) in [6, 6.07) is 10.9. The van der Waals surface area contributed by atoms with Gasteiger partial charge in [0, 0.05) is 0 Å².